The zero-order valence-electron chi connectivity index (χ0n) is 30.2. The minimum absolute atomic E-state index is 0.628. The van der Waals surface area contributed by atoms with Gasteiger partial charge in [0.15, 0.2) is 17.5 Å². The topological polar surface area (TPSA) is 61.4 Å². The number of para-hydroxylation sites is 3. The number of rotatable bonds is 6. The van der Waals surface area contributed by atoms with Gasteiger partial charge in [0, 0.05) is 56.0 Å². The molecule has 0 radical (unpaired) electrons. The van der Waals surface area contributed by atoms with Crippen molar-refractivity contribution in [1.29, 1.82) is 0 Å². The molecule has 4 heterocycles. The Morgan fingerprint density at radius 2 is 0.893 bits per heavy atom. The van der Waals surface area contributed by atoms with E-state index in [4.69, 9.17) is 19.9 Å². The molecule has 0 atom stereocenters. The van der Waals surface area contributed by atoms with E-state index >= 15 is 0 Å². The van der Waals surface area contributed by atoms with Gasteiger partial charge in [-0.3, -0.25) is 4.98 Å². The number of hydrogen-bond donors (Lipinski definition) is 0. The van der Waals surface area contributed by atoms with E-state index in [2.05, 4.69) is 130 Å². The summed E-state index contributed by atoms with van der Waals surface area (Å²) in [5.74, 6) is 1.91. The Kier molecular flexibility index (Phi) is 7.38. The van der Waals surface area contributed by atoms with E-state index < -0.39 is 0 Å². The van der Waals surface area contributed by atoms with Gasteiger partial charge in [0.2, 0.25) is 0 Å². The van der Waals surface area contributed by atoms with Gasteiger partial charge in [0.05, 0.1) is 27.6 Å². The first-order valence-corrected chi connectivity index (χ1v) is 18.7. The Hall–Kier alpha value is -7.70. The fraction of sp³-hybridized carbons (Fsp3) is 0. The molecule has 6 heteroatoms. The highest BCUT2D eigenvalue weighted by atomic mass is 15.0. The number of nitrogens with zero attached hydrogens (tertiary/aromatic N) is 6. The second-order valence-electron chi connectivity index (χ2n) is 13.9. The van der Waals surface area contributed by atoms with Crippen molar-refractivity contribution in [3.63, 3.8) is 0 Å². The van der Waals surface area contributed by atoms with Crippen molar-refractivity contribution >= 4 is 43.7 Å². The molecule has 0 N–H and O–H groups in total. The zero-order valence-corrected chi connectivity index (χ0v) is 30.2. The van der Waals surface area contributed by atoms with Gasteiger partial charge in [-0.25, -0.2) is 15.0 Å². The monoisotopic (exact) mass is 716 g/mol. The van der Waals surface area contributed by atoms with Crippen molar-refractivity contribution in [2.45, 2.75) is 0 Å². The van der Waals surface area contributed by atoms with Gasteiger partial charge >= 0.3 is 0 Å². The first-order valence-electron chi connectivity index (χ1n) is 18.7. The molecule has 0 saturated heterocycles. The maximum absolute atomic E-state index is 4.98. The average Bonchev–Trinajstić information content (AvgIpc) is 3.80. The Labute approximate surface area is 322 Å². The highest BCUT2D eigenvalue weighted by molar-refractivity contribution is 6.15. The first kappa shape index (κ1) is 31.8. The largest absolute Gasteiger partial charge is 0.309 e. The van der Waals surface area contributed by atoms with E-state index in [1.165, 1.54) is 10.8 Å². The number of hydrogen-bond acceptors (Lipinski definition) is 4. The van der Waals surface area contributed by atoms with Crippen LogP contribution in [0.1, 0.15) is 0 Å². The van der Waals surface area contributed by atoms with Crippen molar-refractivity contribution in [2.75, 3.05) is 0 Å². The fourth-order valence-electron chi connectivity index (χ4n) is 8.07. The number of pyridine rings is 1. The summed E-state index contributed by atoms with van der Waals surface area (Å²) in [4.78, 5) is 19.7. The lowest BCUT2D eigenvalue weighted by atomic mass is 10.0. The molecule has 0 amide bonds. The molecule has 7 aromatic carbocycles. The third-order valence-electron chi connectivity index (χ3n) is 10.6. The van der Waals surface area contributed by atoms with Crippen molar-refractivity contribution in [3.05, 3.63) is 194 Å². The number of aromatic nitrogens is 6. The Morgan fingerprint density at radius 3 is 1.59 bits per heavy atom. The molecule has 4 aromatic heterocycles. The molecule has 0 bridgehead atoms. The molecule has 56 heavy (non-hydrogen) atoms. The second kappa shape index (κ2) is 13.0. The van der Waals surface area contributed by atoms with E-state index in [0.717, 1.165) is 72.2 Å². The molecule has 0 aliphatic heterocycles. The molecule has 0 aliphatic carbocycles. The van der Waals surface area contributed by atoms with Gasteiger partial charge in [-0.15, -0.1) is 0 Å². The SMILES string of the molecule is c1ccc(-c2nc(-c3ccccc3)nc(-c3ccc(-n4c5ccccc5c5cccc(-c6ccc7c8ncccc8n(-c8ccccc8)c7c6)c54)cc3)n2)cc1. The van der Waals surface area contributed by atoms with Crippen LogP contribution >= 0.6 is 0 Å². The van der Waals surface area contributed by atoms with Gasteiger partial charge in [-0.1, -0.05) is 121 Å². The fourth-order valence-corrected chi connectivity index (χ4v) is 8.07. The smallest absolute Gasteiger partial charge is 0.164 e. The zero-order chi connectivity index (χ0) is 37.0. The minimum atomic E-state index is 0.628. The molecule has 6 nitrogen and oxygen atoms in total. The van der Waals surface area contributed by atoms with Gasteiger partial charge < -0.3 is 9.13 Å². The summed E-state index contributed by atoms with van der Waals surface area (Å²) in [5, 5.41) is 3.53. The second-order valence-corrected chi connectivity index (χ2v) is 13.9. The van der Waals surface area contributed by atoms with Crippen LogP contribution < -0.4 is 0 Å². The first-order chi connectivity index (χ1) is 27.8. The summed E-state index contributed by atoms with van der Waals surface area (Å²) in [7, 11) is 0. The van der Waals surface area contributed by atoms with Crippen LogP contribution in [0.25, 0.3) is 100 Å². The van der Waals surface area contributed by atoms with Gasteiger partial charge in [-0.05, 0) is 72.3 Å². The number of fused-ring (bicyclic) bond motifs is 6. The Balaban J connectivity index is 1.09. The van der Waals surface area contributed by atoms with Crippen molar-refractivity contribution in [2.24, 2.45) is 0 Å². The molecule has 0 unspecified atom stereocenters. The van der Waals surface area contributed by atoms with Crippen LogP contribution in [0, 0.1) is 0 Å². The van der Waals surface area contributed by atoms with Crippen LogP contribution in [0.4, 0.5) is 0 Å². The quantitative estimate of drug-likeness (QED) is 0.172. The van der Waals surface area contributed by atoms with Crippen LogP contribution in [0.5, 0.6) is 0 Å². The third kappa shape index (κ3) is 5.19. The van der Waals surface area contributed by atoms with E-state index in [1.54, 1.807) is 0 Å². The van der Waals surface area contributed by atoms with Gasteiger partial charge in [-0.2, -0.15) is 0 Å². The van der Waals surface area contributed by atoms with Crippen molar-refractivity contribution < 1.29 is 0 Å². The van der Waals surface area contributed by atoms with E-state index in [1.807, 2.05) is 72.9 Å². The van der Waals surface area contributed by atoms with E-state index in [0.29, 0.717) is 17.5 Å². The maximum Gasteiger partial charge on any atom is 0.164 e. The maximum atomic E-state index is 4.98. The summed E-state index contributed by atoms with van der Waals surface area (Å²) >= 11 is 0. The van der Waals surface area contributed by atoms with Crippen molar-refractivity contribution in [1.82, 2.24) is 29.1 Å². The van der Waals surface area contributed by atoms with Crippen LogP contribution in [0.3, 0.4) is 0 Å². The molecular weight excluding hydrogens is 685 g/mol. The molecule has 262 valence electrons. The minimum Gasteiger partial charge on any atom is -0.309 e. The Bertz CT molecular complexity index is 3160. The lowest BCUT2D eigenvalue weighted by molar-refractivity contribution is 1.07. The van der Waals surface area contributed by atoms with Crippen molar-refractivity contribution in [3.8, 4) is 56.7 Å². The predicted octanol–water partition coefficient (Wildman–Crippen LogP) is 12.1. The number of benzene rings is 7. The summed E-state index contributed by atoms with van der Waals surface area (Å²) in [6.07, 6.45) is 1.88. The molecular formula is C50H32N6. The molecule has 0 fully saturated rings. The standard InChI is InChI=1S/C50H32N6/c1-4-14-33(15-5-1)48-52-49(34-16-6-2-7-17-34)54-50(53-48)35-25-28-38(29-26-35)56-43-23-11-10-20-40(43)41-22-12-21-39(47(41)56)36-27-30-42-45(32-36)55(37-18-8-3-9-19-37)44-24-13-31-51-46(42)44/h1-32H. The van der Waals surface area contributed by atoms with Gasteiger partial charge in [0.1, 0.15) is 0 Å². The third-order valence-corrected chi connectivity index (χ3v) is 10.6. The molecule has 0 spiro atoms. The molecule has 11 aromatic rings. The van der Waals surface area contributed by atoms with Gasteiger partial charge in [0.25, 0.3) is 0 Å². The normalized spacial score (nSPS) is 11.6. The summed E-state index contributed by atoms with van der Waals surface area (Å²) in [6, 6.07) is 65.6. The molecule has 11 rings (SSSR count). The summed E-state index contributed by atoms with van der Waals surface area (Å²) < 4.78 is 4.71. The highest BCUT2D eigenvalue weighted by Gasteiger charge is 2.19. The lowest BCUT2D eigenvalue weighted by Crippen LogP contribution is -2.00. The lowest BCUT2D eigenvalue weighted by Gasteiger charge is -2.13. The average molecular weight is 717 g/mol. The summed E-state index contributed by atoms with van der Waals surface area (Å²) in [6.45, 7) is 0. The highest BCUT2D eigenvalue weighted by Crippen LogP contribution is 2.40. The molecule has 0 saturated carbocycles. The summed E-state index contributed by atoms with van der Waals surface area (Å²) in [5.41, 5.74) is 12.7. The molecule has 0 aliphatic rings. The van der Waals surface area contributed by atoms with E-state index in [-0.39, 0.29) is 0 Å². The van der Waals surface area contributed by atoms with Crippen LogP contribution in [-0.4, -0.2) is 29.1 Å². The van der Waals surface area contributed by atoms with Crippen LogP contribution in [0.15, 0.2) is 194 Å². The van der Waals surface area contributed by atoms with Crippen LogP contribution in [-0.2, 0) is 0 Å². The van der Waals surface area contributed by atoms with Crippen LogP contribution in [0.2, 0.25) is 0 Å². The van der Waals surface area contributed by atoms with E-state index in [9.17, 15) is 0 Å². The Morgan fingerprint density at radius 1 is 0.339 bits per heavy atom. The predicted molar refractivity (Wildman–Crippen MR) is 228 cm³/mol.